The van der Waals surface area contributed by atoms with Crippen LogP contribution in [-0.2, 0) is 9.59 Å². The third-order valence-corrected chi connectivity index (χ3v) is 4.48. The quantitative estimate of drug-likeness (QED) is 0.301. The molecule has 3 aromatic carbocycles. The number of rotatable bonds is 6. The number of halogens is 1. The van der Waals surface area contributed by atoms with Crippen LogP contribution in [0, 0.1) is 6.92 Å². The van der Waals surface area contributed by atoms with Gasteiger partial charge in [-0.3, -0.25) is 9.59 Å². The number of benzene rings is 3. The molecule has 0 heterocycles. The van der Waals surface area contributed by atoms with E-state index in [-0.39, 0.29) is 0 Å². The molecular weight excluding hydrogens is 416 g/mol. The number of nitrogens with one attached hydrogen (secondary N) is 3. The second kappa shape index (κ2) is 10.3. The minimum Gasteiger partial charge on any atom is -0.497 e. The normalized spacial score (nSPS) is 10.5. The predicted octanol–water partition coefficient (Wildman–Crippen LogP) is 4.49. The SMILES string of the molecule is COc1cccc(NC(=O)C(=O)N/N=C\c2cc(Cl)ccc2Nc2ccc(C)cc2)c1. The Balaban J connectivity index is 1.65. The van der Waals surface area contributed by atoms with Crippen LogP contribution >= 0.6 is 11.6 Å². The van der Waals surface area contributed by atoms with E-state index < -0.39 is 11.8 Å². The van der Waals surface area contributed by atoms with Gasteiger partial charge in [0.05, 0.1) is 13.3 Å². The van der Waals surface area contributed by atoms with Gasteiger partial charge in [0.1, 0.15) is 5.75 Å². The molecule has 0 saturated carbocycles. The molecule has 0 bridgehead atoms. The van der Waals surface area contributed by atoms with Gasteiger partial charge in [-0.15, -0.1) is 0 Å². The molecular formula is C23H21ClN4O3. The molecule has 0 unspecified atom stereocenters. The highest BCUT2D eigenvalue weighted by Gasteiger charge is 2.13. The number of ether oxygens (including phenoxy) is 1. The van der Waals surface area contributed by atoms with E-state index in [1.165, 1.54) is 13.3 Å². The van der Waals surface area contributed by atoms with Crippen molar-refractivity contribution in [3.8, 4) is 5.75 Å². The lowest BCUT2D eigenvalue weighted by atomic mass is 10.1. The van der Waals surface area contributed by atoms with E-state index in [4.69, 9.17) is 16.3 Å². The summed E-state index contributed by atoms with van der Waals surface area (Å²) in [5.41, 5.74) is 6.07. The number of anilines is 3. The molecule has 3 rings (SSSR count). The number of carbonyl (C=O) groups excluding carboxylic acids is 2. The van der Waals surface area contributed by atoms with Gasteiger partial charge in [-0.05, 0) is 49.4 Å². The van der Waals surface area contributed by atoms with Crippen LogP contribution in [0.4, 0.5) is 17.1 Å². The third kappa shape index (κ3) is 6.32. The number of methoxy groups -OCH3 is 1. The standard InChI is InChI=1S/C23H21ClN4O3/c1-15-6-9-18(10-7-15)26-21-11-8-17(24)12-16(21)14-25-28-23(30)22(29)27-19-4-3-5-20(13-19)31-2/h3-14,26H,1-2H3,(H,27,29)(H,28,30)/b25-14-. The van der Waals surface area contributed by atoms with Gasteiger partial charge in [-0.25, -0.2) is 5.43 Å². The van der Waals surface area contributed by atoms with Crippen molar-refractivity contribution in [3.05, 3.63) is 82.9 Å². The van der Waals surface area contributed by atoms with Crippen LogP contribution in [0.3, 0.4) is 0 Å². The highest BCUT2D eigenvalue weighted by molar-refractivity contribution is 6.39. The van der Waals surface area contributed by atoms with Crippen molar-refractivity contribution >= 4 is 46.7 Å². The van der Waals surface area contributed by atoms with Gasteiger partial charge in [-0.1, -0.05) is 35.4 Å². The van der Waals surface area contributed by atoms with Crippen molar-refractivity contribution in [1.82, 2.24) is 5.43 Å². The Labute approximate surface area is 185 Å². The summed E-state index contributed by atoms with van der Waals surface area (Å²) in [6.07, 6.45) is 1.42. The highest BCUT2D eigenvalue weighted by atomic mass is 35.5. The Hall–Kier alpha value is -3.84. The molecule has 0 atom stereocenters. The van der Waals surface area contributed by atoms with E-state index in [0.29, 0.717) is 22.0 Å². The molecule has 0 saturated heterocycles. The molecule has 3 N–H and O–H groups in total. The maximum absolute atomic E-state index is 12.1. The van der Waals surface area contributed by atoms with Crippen LogP contribution in [-0.4, -0.2) is 25.1 Å². The largest absolute Gasteiger partial charge is 0.497 e. The van der Waals surface area contributed by atoms with Crippen molar-refractivity contribution in [2.75, 3.05) is 17.7 Å². The molecule has 0 aliphatic carbocycles. The Morgan fingerprint density at radius 1 is 0.968 bits per heavy atom. The summed E-state index contributed by atoms with van der Waals surface area (Å²) in [4.78, 5) is 24.1. The molecule has 0 spiro atoms. The van der Waals surface area contributed by atoms with Crippen LogP contribution in [0.25, 0.3) is 0 Å². The van der Waals surface area contributed by atoms with Gasteiger partial charge in [-0.2, -0.15) is 5.10 Å². The van der Waals surface area contributed by atoms with Crippen molar-refractivity contribution in [2.24, 2.45) is 5.10 Å². The molecule has 31 heavy (non-hydrogen) atoms. The Kier molecular flexibility index (Phi) is 7.24. The van der Waals surface area contributed by atoms with Gasteiger partial charge in [0.15, 0.2) is 0 Å². The van der Waals surface area contributed by atoms with E-state index in [1.54, 1.807) is 42.5 Å². The Bertz CT molecular complexity index is 1110. The summed E-state index contributed by atoms with van der Waals surface area (Å²) in [6, 6.07) is 19.8. The van der Waals surface area contributed by atoms with Crippen molar-refractivity contribution < 1.29 is 14.3 Å². The van der Waals surface area contributed by atoms with Crippen molar-refractivity contribution in [3.63, 3.8) is 0 Å². The van der Waals surface area contributed by atoms with Gasteiger partial charge in [0.25, 0.3) is 0 Å². The number of aryl methyl sites for hydroxylation is 1. The molecule has 0 aliphatic heterocycles. The van der Waals surface area contributed by atoms with Crippen molar-refractivity contribution in [1.29, 1.82) is 0 Å². The average molecular weight is 437 g/mol. The summed E-state index contributed by atoms with van der Waals surface area (Å²) in [5, 5.41) is 10.2. The molecule has 7 nitrogen and oxygen atoms in total. The van der Waals surface area contributed by atoms with Gasteiger partial charge in [0.2, 0.25) is 0 Å². The third-order valence-electron chi connectivity index (χ3n) is 4.25. The zero-order chi connectivity index (χ0) is 22.2. The Morgan fingerprint density at radius 3 is 2.48 bits per heavy atom. The molecule has 0 fully saturated rings. The minimum atomic E-state index is -0.908. The lowest BCUT2D eigenvalue weighted by molar-refractivity contribution is -0.136. The zero-order valence-corrected chi connectivity index (χ0v) is 17.7. The fourth-order valence-corrected chi connectivity index (χ4v) is 2.83. The smallest absolute Gasteiger partial charge is 0.329 e. The molecule has 0 aromatic heterocycles. The fraction of sp³-hybridized carbons (Fsp3) is 0.0870. The first-order valence-electron chi connectivity index (χ1n) is 9.36. The van der Waals surface area contributed by atoms with Gasteiger partial charge >= 0.3 is 11.8 Å². The number of nitrogens with zero attached hydrogens (tertiary/aromatic N) is 1. The average Bonchev–Trinajstić information content (AvgIpc) is 2.77. The van der Waals surface area contributed by atoms with Crippen LogP contribution < -0.4 is 20.8 Å². The van der Waals surface area contributed by atoms with Gasteiger partial charge < -0.3 is 15.4 Å². The predicted molar refractivity (Wildman–Crippen MR) is 123 cm³/mol. The number of hydrogen-bond donors (Lipinski definition) is 3. The van der Waals surface area contributed by atoms with Crippen LogP contribution in [0.2, 0.25) is 5.02 Å². The van der Waals surface area contributed by atoms with E-state index in [0.717, 1.165) is 16.9 Å². The zero-order valence-electron chi connectivity index (χ0n) is 17.0. The van der Waals surface area contributed by atoms with Crippen LogP contribution in [0.15, 0.2) is 71.8 Å². The lowest BCUT2D eigenvalue weighted by Crippen LogP contribution is -2.32. The lowest BCUT2D eigenvalue weighted by Gasteiger charge is -2.10. The summed E-state index contributed by atoms with van der Waals surface area (Å²) >= 11 is 6.10. The second-order valence-corrected chi connectivity index (χ2v) is 7.04. The first-order valence-corrected chi connectivity index (χ1v) is 9.74. The maximum Gasteiger partial charge on any atom is 0.329 e. The van der Waals surface area contributed by atoms with E-state index >= 15 is 0 Å². The molecule has 0 aliphatic rings. The first-order chi connectivity index (χ1) is 14.9. The summed E-state index contributed by atoms with van der Waals surface area (Å²) in [6.45, 7) is 2.01. The number of hydrazone groups is 1. The minimum absolute atomic E-state index is 0.433. The van der Waals surface area contributed by atoms with Gasteiger partial charge in [0, 0.05) is 33.7 Å². The number of carbonyl (C=O) groups is 2. The van der Waals surface area contributed by atoms with Crippen LogP contribution in [0.5, 0.6) is 5.75 Å². The summed E-state index contributed by atoms with van der Waals surface area (Å²) in [5.74, 6) is -1.20. The topological polar surface area (TPSA) is 91.8 Å². The molecule has 3 aromatic rings. The fourth-order valence-electron chi connectivity index (χ4n) is 2.65. The molecule has 2 amide bonds. The number of hydrogen-bond acceptors (Lipinski definition) is 5. The van der Waals surface area contributed by atoms with E-state index in [2.05, 4.69) is 21.2 Å². The van der Waals surface area contributed by atoms with E-state index in [9.17, 15) is 9.59 Å². The highest BCUT2D eigenvalue weighted by Crippen LogP contribution is 2.23. The maximum atomic E-state index is 12.1. The monoisotopic (exact) mass is 436 g/mol. The Morgan fingerprint density at radius 2 is 1.74 bits per heavy atom. The summed E-state index contributed by atoms with van der Waals surface area (Å²) in [7, 11) is 1.51. The molecule has 158 valence electrons. The van der Waals surface area contributed by atoms with Crippen molar-refractivity contribution in [2.45, 2.75) is 6.92 Å². The first kappa shape index (κ1) is 21.9. The number of amides is 2. The van der Waals surface area contributed by atoms with Crippen LogP contribution in [0.1, 0.15) is 11.1 Å². The summed E-state index contributed by atoms with van der Waals surface area (Å²) < 4.78 is 5.09. The van der Waals surface area contributed by atoms with E-state index in [1.807, 2.05) is 31.2 Å². The molecule has 0 radical (unpaired) electrons. The second-order valence-electron chi connectivity index (χ2n) is 6.61. The molecule has 8 heteroatoms.